The van der Waals surface area contributed by atoms with Crippen LogP contribution >= 0.6 is 0 Å². The Bertz CT molecular complexity index is 941. The highest BCUT2D eigenvalue weighted by molar-refractivity contribution is 6.21. The molecule has 1 saturated heterocycles. The molecule has 0 saturated carbocycles. The van der Waals surface area contributed by atoms with Gasteiger partial charge in [0.05, 0.1) is 17.2 Å². The number of hydrogen-bond acceptors (Lipinski definition) is 5. The summed E-state index contributed by atoms with van der Waals surface area (Å²) in [6.45, 7) is 1.57. The number of aromatic nitrogens is 1. The van der Waals surface area contributed by atoms with Gasteiger partial charge in [0.1, 0.15) is 0 Å². The van der Waals surface area contributed by atoms with Crippen molar-refractivity contribution in [2.24, 2.45) is 0 Å². The number of rotatable bonds is 5. The molecule has 1 aromatic heterocycles. The van der Waals surface area contributed by atoms with E-state index in [9.17, 15) is 14.4 Å². The summed E-state index contributed by atoms with van der Waals surface area (Å²) in [6.07, 6.45) is 5.32. The fraction of sp³-hybridized carbons (Fsp3) is 0.333. The number of carbonyl (C=O) groups excluding carboxylic acids is 3. The smallest absolute Gasteiger partial charge is 0.322 e. The molecule has 1 atom stereocenters. The summed E-state index contributed by atoms with van der Waals surface area (Å²) >= 11 is 0. The number of urea groups is 1. The zero-order chi connectivity index (χ0) is 20.4. The van der Waals surface area contributed by atoms with Gasteiger partial charge >= 0.3 is 6.03 Å². The first-order chi connectivity index (χ1) is 14.0. The summed E-state index contributed by atoms with van der Waals surface area (Å²) in [5, 5.41) is 2.85. The van der Waals surface area contributed by atoms with E-state index in [4.69, 9.17) is 4.74 Å². The number of anilines is 1. The number of carbonyl (C=O) groups is 3. The highest BCUT2D eigenvalue weighted by Crippen LogP contribution is 2.25. The molecule has 2 aliphatic rings. The summed E-state index contributed by atoms with van der Waals surface area (Å²) in [6, 6.07) is 8.20. The molecule has 0 spiro atoms. The van der Waals surface area contributed by atoms with Crippen LogP contribution in [-0.4, -0.2) is 58.9 Å². The summed E-state index contributed by atoms with van der Waals surface area (Å²) < 4.78 is 5.69. The Morgan fingerprint density at radius 3 is 2.83 bits per heavy atom. The standard InChI is InChI=1S/C21H22N4O4/c1-24-19(26)17-7-6-15(10-18(17)20(24)27)23-21(28)25(13-16-5-3-9-29-16)12-14-4-2-8-22-11-14/h2,4,6-8,10-11,16H,3,5,9,12-13H2,1H3,(H,23,28)/t16-/m0/s1. The minimum absolute atomic E-state index is 0.00490. The molecule has 1 aromatic carbocycles. The van der Waals surface area contributed by atoms with Gasteiger partial charge in [0.25, 0.3) is 11.8 Å². The molecule has 4 rings (SSSR count). The SMILES string of the molecule is CN1C(=O)c2ccc(NC(=O)N(Cc3cccnc3)C[C@@H]3CCCO3)cc2C1=O. The number of amides is 4. The molecule has 1 fully saturated rings. The quantitative estimate of drug-likeness (QED) is 0.787. The zero-order valence-corrected chi connectivity index (χ0v) is 16.1. The lowest BCUT2D eigenvalue weighted by molar-refractivity contribution is 0.0693. The van der Waals surface area contributed by atoms with E-state index in [1.165, 1.54) is 7.05 Å². The molecule has 4 amide bonds. The van der Waals surface area contributed by atoms with Gasteiger partial charge in [-0.1, -0.05) is 6.07 Å². The molecule has 29 heavy (non-hydrogen) atoms. The Hall–Kier alpha value is -3.26. The number of hydrogen-bond donors (Lipinski definition) is 1. The molecule has 150 valence electrons. The molecule has 2 aromatic rings. The molecule has 1 N–H and O–H groups in total. The van der Waals surface area contributed by atoms with Crippen LogP contribution in [0.25, 0.3) is 0 Å². The first-order valence-electron chi connectivity index (χ1n) is 9.56. The van der Waals surface area contributed by atoms with E-state index in [0.717, 1.165) is 23.3 Å². The van der Waals surface area contributed by atoms with E-state index in [1.54, 1.807) is 35.5 Å². The van der Waals surface area contributed by atoms with Gasteiger partial charge in [0, 0.05) is 44.8 Å². The van der Waals surface area contributed by atoms with Crippen LogP contribution in [0.2, 0.25) is 0 Å². The van der Waals surface area contributed by atoms with Crippen LogP contribution in [0, 0.1) is 0 Å². The Labute approximate surface area is 168 Å². The fourth-order valence-corrected chi connectivity index (χ4v) is 3.61. The van der Waals surface area contributed by atoms with Crippen molar-refractivity contribution in [3.8, 4) is 0 Å². The molecule has 8 heteroatoms. The fourth-order valence-electron chi connectivity index (χ4n) is 3.61. The Morgan fingerprint density at radius 2 is 2.10 bits per heavy atom. The molecule has 0 unspecified atom stereocenters. The van der Waals surface area contributed by atoms with Crippen molar-refractivity contribution < 1.29 is 19.1 Å². The van der Waals surface area contributed by atoms with Crippen molar-refractivity contribution in [1.29, 1.82) is 0 Å². The van der Waals surface area contributed by atoms with E-state index < -0.39 is 0 Å². The van der Waals surface area contributed by atoms with Crippen LogP contribution in [0.5, 0.6) is 0 Å². The van der Waals surface area contributed by atoms with Gasteiger partial charge in [-0.15, -0.1) is 0 Å². The Morgan fingerprint density at radius 1 is 1.28 bits per heavy atom. The Kier molecular flexibility index (Phi) is 5.26. The third kappa shape index (κ3) is 3.97. The number of benzene rings is 1. The molecule has 0 bridgehead atoms. The highest BCUT2D eigenvalue weighted by atomic mass is 16.5. The van der Waals surface area contributed by atoms with Crippen LogP contribution in [0.15, 0.2) is 42.7 Å². The second-order valence-corrected chi connectivity index (χ2v) is 7.24. The second-order valence-electron chi connectivity index (χ2n) is 7.24. The predicted octanol–water partition coefficient (Wildman–Crippen LogP) is 2.52. The lowest BCUT2D eigenvalue weighted by Gasteiger charge is -2.26. The summed E-state index contributed by atoms with van der Waals surface area (Å²) in [4.78, 5) is 44.1. The van der Waals surface area contributed by atoms with E-state index in [-0.39, 0.29) is 23.9 Å². The van der Waals surface area contributed by atoms with Crippen LogP contribution in [0.3, 0.4) is 0 Å². The summed E-state index contributed by atoms with van der Waals surface area (Å²) in [5.74, 6) is -0.702. The van der Waals surface area contributed by atoms with Crippen molar-refractivity contribution in [2.75, 3.05) is 25.5 Å². The van der Waals surface area contributed by atoms with E-state index in [0.29, 0.717) is 36.5 Å². The van der Waals surface area contributed by atoms with Crippen LogP contribution < -0.4 is 5.32 Å². The average molecular weight is 394 g/mol. The maximum Gasteiger partial charge on any atom is 0.322 e. The van der Waals surface area contributed by atoms with E-state index in [2.05, 4.69) is 10.3 Å². The topological polar surface area (TPSA) is 91.8 Å². The third-order valence-electron chi connectivity index (χ3n) is 5.17. The first kappa shape index (κ1) is 19.1. The number of fused-ring (bicyclic) bond motifs is 1. The number of nitrogens with one attached hydrogen (secondary N) is 1. The maximum atomic E-state index is 13.0. The van der Waals surface area contributed by atoms with Crippen molar-refractivity contribution in [3.63, 3.8) is 0 Å². The summed E-state index contributed by atoms with van der Waals surface area (Å²) in [7, 11) is 1.44. The molecule has 0 aliphatic carbocycles. The lowest BCUT2D eigenvalue weighted by atomic mass is 10.1. The van der Waals surface area contributed by atoms with E-state index >= 15 is 0 Å². The van der Waals surface area contributed by atoms with Crippen molar-refractivity contribution >= 4 is 23.5 Å². The predicted molar refractivity (Wildman–Crippen MR) is 106 cm³/mol. The number of pyridine rings is 1. The average Bonchev–Trinajstić information content (AvgIpc) is 3.32. The van der Waals surface area contributed by atoms with Crippen molar-refractivity contribution in [2.45, 2.75) is 25.5 Å². The van der Waals surface area contributed by atoms with Crippen LogP contribution in [-0.2, 0) is 11.3 Å². The molecule has 2 aliphatic heterocycles. The molecule has 0 radical (unpaired) electrons. The van der Waals surface area contributed by atoms with Crippen LogP contribution in [0.1, 0.15) is 39.1 Å². The van der Waals surface area contributed by atoms with E-state index in [1.807, 2.05) is 12.1 Å². The molecular formula is C21H22N4O4. The van der Waals surface area contributed by atoms with Crippen molar-refractivity contribution in [3.05, 3.63) is 59.4 Å². The third-order valence-corrected chi connectivity index (χ3v) is 5.17. The number of nitrogens with zero attached hydrogens (tertiary/aromatic N) is 3. The van der Waals surface area contributed by atoms with Gasteiger partial charge in [-0.05, 0) is 42.7 Å². The van der Waals surface area contributed by atoms with Gasteiger partial charge in [0.15, 0.2) is 0 Å². The monoisotopic (exact) mass is 394 g/mol. The zero-order valence-electron chi connectivity index (χ0n) is 16.1. The van der Waals surface area contributed by atoms with Gasteiger partial charge < -0.3 is 15.0 Å². The second kappa shape index (κ2) is 8.00. The summed E-state index contributed by atoms with van der Waals surface area (Å²) in [5.41, 5.74) is 2.03. The van der Waals surface area contributed by atoms with Crippen molar-refractivity contribution in [1.82, 2.24) is 14.8 Å². The first-order valence-corrected chi connectivity index (χ1v) is 9.56. The van der Waals surface area contributed by atoms with Gasteiger partial charge in [0.2, 0.25) is 0 Å². The Balaban J connectivity index is 1.51. The maximum absolute atomic E-state index is 13.0. The molecule has 3 heterocycles. The minimum atomic E-state index is -0.368. The number of ether oxygens (including phenoxy) is 1. The molecular weight excluding hydrogens is 372 g/mol. The highest BCUT2D eigenvalue weighted by Gasteiger charge is 2.33. The largest absolute Gasteiger partial charge is 0.376 e. The van der Waals surface area contributed by atoms with Crippen LogP contribution in [0.4, 0.5) is 10.5 Å². The molecule has 8 nitrogen and oxygen atoms in total. The van der Waals surface area contributed by atoms with Gasteiger partial charge in [-0.2, -0.15) is 0 Å². The number of imide groups is 1. The lowest BCUT2D eigenvalue weighted by Crippen LogP contribution is -2.39. The van der Waals surface area contributed by atoms with Gasteiger partial charge in [-0.25, -0.2) is 4.79 Å². The normalized spacial score (nSPS) is 18.1. The minimum Gasteiger partial charge on any atom is -0.376 e. The van der Waals surface area contributed by atoms with Gasteiger partial charge in [-0.3, -0.25) is 19.5 Å².